The molecule has 4 aromatic rings. The van der Waals surface area contributed by atoms with Crippen molar-refractivity contribution in [3.63, 3.8) is 0 Å². The quantitative estimate of drug-likeness (QED) is 0.211. The van der Waals surface area contributed by atoms with Crippen LogP contribution in [0.3, 0.4) is 0 Å². The van der Waals surface area contributed by atoms with Gasteiger partial charge in [-0.2, -0.15) is 0 Å². The van der Waals surface area contributed by atoms with Crippen LogP contribution in [0.15, 0.2) is 72.9 Å². The van der Waals surface area contributed by atoms with E-state index >= 15 is 4.39 Å². The average Bonchev–Trinajstić information content (AvgIpc) is 3.81. The predicted molar refractivity (Wildman–Crippen MR) is 152 cm³/mol. The van der Waals surface area contributed by atoms with Crippen molar-refractivity contribution in [1.29, 1.82) is 0 Å². The Morgan fingerprint density at radius 2 is 1.77 bits per heavy atom. The number of halogens is 1. The van der Waals surface area contributed by atoms with Gasteiger partial charge >= 0.3 is 5.97 Å². The van der Waals surface area contributed by atoms with E-state index in [1.165, 1.54) is 6.07 Å². The summed E-state index contributed by atoms with van der Waals surface area (Å²) >= 11 is 0. The number of aliphatic carboxylic acids is 1. The monoisotopic (exact) mass is 540 g/mol. The maximum absolute atomic E-state index is 15.0. The third-order valence-electron chi connectivity index (χ3n) is 7.34. The van der Waals surface area contributed by atoms with Crippen LogP contribution in [0, 0.1) is 11.7 Å². The molecule has 1 heterocycles. The summed E-state index contributed by atoms with van der Waals surface area (Å²) in [6.07, 6.45) is 3.82. The second-order valence-corrected chi connectivity index (χ2v) is 10.6. The van der Waals surface area contributed by atoms with E-state index in [0.29, 0.717) is 46.0 Å². The normalized spacial score (nSPS) is 13.7. The van der Waals surface area contributed by atoms with Gasteiger partial charge in [0.15, 0.2) is 0 Å². The van der Waals surface area contributed by atoms with Crippen molar-refractivity contribution in [2.75, 3.05) is 7.11 Å². The number of carbonyl (C=O) groups is 1. The molecular formula is C33H33FN2O4. The first-order valence-corrected chi connectivity index (χ1v) is 13.6. The average molecular weight is 541 g/mol. The van der Waals surface area contributed by atoms with Gasteiger partial charge < -0.3 is 14.6 Å². The molecule has 0 aliphatic heterocycles. The Hall–Kier alpha value is -4.26. The first kappa shape index (κ1) is 27.3. The summed E-state index contributed by atoms with van der Waals surface area (Å²) in [4.78, 5) is 21.0. The van der Waals surface area contributed by atoms with Crippen molar-refractivity contribution >= 4 is 5.97 Å². The van der Waals surface area contributed by atoms with Crippen molar-refractivity contribution in [3.05, 3.63) is 95.6 Å². The van der Waals surface area contributed by atoms with Crippen LogP contribution in [0.25, 0.3) is 22.5 Å². The summed E-state index contributed by atoms with van der Waals surface area (Å²) < 4.78 is 26.5. The highest BCUT2D eigenvalue weighted by Gasteiger charge is 2.33. The number of hydrogen-bond donors (Lipinski definition) is 1. The van der Waals surface area contributed by atoms with Gasteiger partial charge in [-0.1, -0.05) is 44.2 Å². The van der Waals surface area contributed by atoms with Crippen LogP contribution in [0.2, 0.25) is 0 Å². The van der Waals surface area contributed by atoms with Gasteiger partial charge in [-0.3, -0.25) is 9.78 Å². The van der Waals surface area contributed by atoms with Gasteiger partial charge in [-0.25, -0.2) is 9.37 Å². The molecule has 3 aromatic carbocycles. The summed E-state index contributed by atoms with van der Waals surface area (Å²) in [5, 5.41) is 9.38. The van der Waals surface area contributed by atoms with Crippen LogP contribution >= 0.6 is 0 Å². The van der Waals surface area contributed by atoms with Crippen molar-refractivity contribution in [3.8, 4) is 34.0 Å². The number of benzene rings is 3. The van der Waals surface area contributed by atoms with Gasteiger partial charge in [-0.05, 0) is 78.1 Å². The van der Waals surface area contributed by atoms with Crippen molar-refractivity contribution in [2.45, 2.75) is 51.6 Å². The summed E-state index contributed by atoms with van der Waals surface area (Å²) in [7, 11) is 1.54. The zero-order valence-electron chi connectivity index (χ0n) is 22.9. The van der Waals surface area contributed by atoms with Crippen LogP contribution in [0.5, 0.6) is 11.5 Å². The van der Waals surface area contributed by atoms with E-state index in [-0.39, 0.29) is 18.9 Å². The molecule has 0 spiro atoms. The van der Waals surface area contributed by atoms with Crippen molar-refractivity contribution in [2.24, 2.45) is 5.92 Å². The van der Waals surface area contributed by atoms with Crippen LogP contribution in [0.1, 0.15) is 61.8 Å². The third-order valence-corrected chi connectivity index (χ3v) is 7.34. The lowest BCUT2D eigenvalue weighted by atomic mass is 9.91. The lowest BCUT2D eigenvalue weighted by Gasteiger charge is -2.16. The van der Waals surface area contributed by atoms with E-state index in [0.717, 1.165) is 29.5 Å². The van der Waals surface area contributed by atoms with E-state index < -0.39 is 11.8 Å². The number of rotatable bonds is 11. The fourth-order valence-electron chi connectivity index (χ4n) is 4.99. The van der Waals surface area contributed by atoms with E-state index in [2.05, 4.69) is 31.0 Å². The SMILES string of the molecule is COc1ccc(F)c(-c2ncc(COc3cccc([C@@H](CC(=O)O)C4CC4)c3)nc2-c2cccc(C(C)C)c2)c1. The first-order chi connectivity index (χ1) is 19.3. The van der Waals surface area contributed by atoms with Gasteiger partial charge in [-0.15, -0.1) is 0 Å². The summed E-state index contributed by atoms with van der Waals surface area (Å²) in [6, 6.07) is 20.3. The molecule has 7 heteroatoms. The Kier molecular flexibility index (Phi) is 8.10. The minimum Gasteiger partial charge on any atom is -0.497 e. The molecule has 1 aliphatic rings. The predicted octanol–water partition coefficient (Wildman–Crippen LogP) is 7.63. The Balaban J connectivity index is 1.47. The lowest BCUT2D eigenvalue weighted by Crippen LogP contribution is -2.09. The fraction of sp³-hybridized carbons (Fsp3) is 0.303. The Morgan fingerprint density at radius 3 is 2.50 bits per heavy atom. The van der Waals surface area contributed by atoms with E-state index in [1.807, 2.05) is 36.4 Å². The smallest absolute Gasteiger partial charge is 0.303 e. The fourth-order valence-corrected chi connectivity index (χ4v) is 4.99. The molecule has 40 heavy (non-hydrogen) atoms. The second-order valence-electron chi connectivity index (χ2n) is 10.6. The molecule has 1 saturated carbocycles. The molecule has 1 fully saturated rings. The molecule has 0 unspecified atom stereocenters. The van der Waals surface area contributed by atoms with Crippen LogP contribution in [-0.2, 0) is 11.4 Å². The highest BCUT2D eigenvalue weighted by molar-refractivity contribution is 5.79. The lowest BCUT2D eigenvalue weighted by molar-refractivity contribution is -0.137. The minimum absolute atomic E-state index is 0.0160. The molecule has 5 rings (SSSR count). The number of carboxylic acids is 1. The molecule has 1 aromatic heterocycles. The van der Waals surface area contributed by atoms with Gasteiger partial charge in [0.05, 0.1) is 36.8 Å². The number of ether oxygens (including phenoxy) is 2. The number of aromatic nitrogens is 2. The zero-order chi connectivity index (χ0) is 28.2. The molecule has 1 aliphatic carbocycles. The standard InChI is InChI=1S/C33H33FN2O4/c1-20(2)22-6-4-8-24(14-22)32-33(29-16-26(39-3)12-13-30(29)34)35-18-25(36-32)19-40-27-9-5-7-23(15-27)28(17-31(37)38)21-10-11-21/h4-9,12-16,18,20-21,28H,10-11,17,19H2,1-3H3,(H,37,38)/t28-/m0/s1. The summed E-state index contributed by atoms with van der Waals surface area (Å²) in [5.74, 6) is 0.665. The van der Waals surface area contributed by atoms with Crippen molar-refractivity contribution < 1.29 is 23.8 Å². The number of nitrogens with zero attached hydrogens (tertiary/aromatic N) is 2. The topological polar surface area (TPSA) is 81.5 Å². The molecule has 0 saturated heterocycles. The Bertz CT molecular complexity index is 1520. The van der Waals surface area contributed by atoms with Gasteiger partial charge in [0.25, 0.3) is 0 Å². The first-order valence-electron chi connectivity index (χ1n) is 13.6. The second kappa shape index (κ2) is 11.9. The number of carboxylic acid groups (broad SMARTS) is 1. The molecule has 0 bridgehead atoms. The molecule has 1 N–H and O–H groups in total. The van der Waals surface area contributed by atoms with Gasteiger partial charge in [0.2, 0.25) is 0 Å². The third kappa shape index (κ3) is 6.30. The number of hydrogen-bond acceptors (Lipinski definition) is 5. The summed E-state index contributed by atoms with van der Waals surface area (Å²) in [6.45, 7) is 4.40. The molecule has 1 atom stereocenters. The van der Waals surface area contributed by atoms with Gasteiger partial charge in [0.1, 0.15) is 23.9 Å². The van der Waals surface area contributed by atoms with E-state index in [4.69, 9.17) is 14.5 Å². The molecule has 6 nitrogen and oxygen atoms in total. The molecule has 206 valence electrons. The van der Waals surface area contributed by atoms with E-state index in [1.54, 1.807) is 25.4 Å². The highest BCUT2D eigenvalue weighted by Crippen LogP contribution is 2.45. The Morgan fingerprint density at radius 1 is 1.00 bits per heavy atom. The molecule has 0 radical (unpaired) electrons. The van der Waals surface area contributed by atoms with Crippen molar-refractivity contribution in [1.82, 2.24) is 9.97 Å². The van der Waals surface area contributed by atoms with Gasteiger partial charge in [0, 0.05) is 11.1 Å². The highest BCUT2D eigenvalue weighted by atomic mass is 19.1. The van der Waals surface area contributed by atoms with Crippen LogP contribution < -0.4 is 9.47 Å². The van der Waals surface area contributed by atoms with Crippen LogP contribution in [-0.4, -0.2) is 28.2 Å². The Labute approximate surface area is 233 Å². The zero-order valence-corrected chi connectivity index (χ0v) is 22.9. The maximum Gasteiger partial charge on any atom is 0.303 e. The van der Waals surface area contributed by atoms with Crippen LogP contribution in [0.4, 0.5) is 4.39 Å². The molecular weight excluding hydrogens is 507 g/mol. The maximum atomic E-state index is 15.0. The molecule has 0 amide bonds. The largest absolute Gasteiger partial charge is 0.497 e. The minimum atomic E-state index is -0.792. The summed E-state index contributed by atoms with van der Waals surface area (Å²) in [5.41, 5.74) is 4.82. The number of methoxy groups -OCH3 is 1. The van der Waals surface area contributed by atoms with E-state index in [9.17, 15) is 9.90 Å².